The van der Waals surface area contributed by atoms with Crippen molar-refractivity contribution in [3.8, 4) is 0 Å². The number of likely N-dealkylation sites (tertiary alicyclic amines) is 1. The van der Waals surface area contributed by atoms with E-state index in [4.69, 9.17) is 0 Å². The van der Waals surface area contributed by atoms with Crippen LogP contribution in [-0.2, 0) is 14.6 Å². The summed E-state index contributed by atoms with van der Waals surface area (Å²) in [5, 5.41) is 5.33. The van der Waals surface area contributed by atoms with Gasteiger partial charge in [-0.15, -0.1) is 0 Å². The normalized spacial score (nSPS) is 19.0. The fraction of sp³-hybridized carbons (Fsp3) is 0.579. The zero-order chi connectivity index (χ0) is 19.3. The number of amides is 3. The first-order valence-electron chi connectivity index (χ1n) is 9.56. The Balaban J connectivity index is 1.42. The minimum atomic E-state index is -3.36. The first-order valence-corrected chi connectivity index (χ1v) is 11.3. The van der Waals surface area contributed by atoms with Gasteiger partial charge in [-0.05, 0) is 37.8 Å². The summed E-state index contributed by atoms with van der Waals surface area (Å²) >= 11 is 0. The quantitative estimate of drug-likeness (QED) is 0.801. The number of sulfone groups is 1. The molecule has 1 aromatic carbocycles. The Kier molecular flexibility index (Phi) is 6.36. The van der Waals surface area contributed by atoms with Crippen LogP contribution in [0.25, 0.3) is 0 Å². The summed E-state index contributed by atoms with van der Waals surface area (Å²) in [5.41, 5.74) is 0.745. The minimum absolute atomic E-state index is 0.0861. The molecule has 1 aromatic rings. The first-order chi connectivity index (χ1) is 12.9. The number of rotatable bonds is 5. The maximum atomic E-state index is 12.3. The highest BCUT2D eigenvalue weighted by Gasteiger charge is 2.31. The molecule has 2 N–H and O–H groups in total. The van der Waals surface area contributed by atoms with Crippen LogP contribution in [0.15, 0.2) is 30.3 Å². The van der Waals surface area contributed by atoms with Gasteiger partial charge in [-0.1, -0.05) is 31.0 Å². The van der Waals surface area contributed by atoms with E-state index in [1.165, 1.54) is 0 Å². The zero-order valence-corrected chi connectivity index (χ0v) is 16.2. The third kappa shape index (κ3) is 5.45. The van der Waals surface area contributed by atoms with E-state index in [9.17, 15) is 18.0 Å². The van der Waals surface area contributed by atoms with Crippen molar-refractivity contribution in [2.75, 3.05) is 24.2 Å². The second-order valence-electron chi connectivity index (χ2n) is 7.34. The van der Waals surface area contributed by atoms with Gasteiger partial charge in [-0.3, -0.25) is 4.79 Å². The Bertz CT molecular complexity index is 752. The summed E-state index contributed by atoms with van der Waals surface area (Å²) in [6.07, 6.45) is 4.44. The molecule has 3 rings (SSSR count). The molecule has 0 bridgehead atoms. The predicted molar refractivity (Wildman–Crippen MR) is 104 cm³/mol. The molecule has 2 aliphatic rings. The molecule has 1 aliphatic carbocycles. The summed E-state index contributed by atoms with van der Waals surface area (Å²) in [5.74, 6) is -0.846. The van der Waals surface area contributed by atoms with Gasteiger partial charge in [-0.25, -0.2) is 13.2 Å². The van der Waals surface area contributed by atoms with Gasteiger partial charge in [0.2, 0.25) is 5.91 Å². The molecule has 1 saturated carbocycles. The van der Waals surface area contributed by atoms with Crippen LogP contribution < -0.4 is 10.6 Å². The van der Waals surface area contributed by atoms with Crippen molar-refractivity contribution in [3.63, 3.8) is 0 Å². The third-order valence-corrected chi connectivity index (χ3v) is 7.47. The number of piperidine rings is 1. The number of hydrogen-bond acceptors (Lipinski definition) is 4. The molecular formula is C19H27N3O4S. The first kappa shape index (κ1) is 19.7. The number of benzene rings is 1. The molecule has 27 heavy (non-hydrogen) atoms. The van der Waals surface area contributed by atoms with Crippen LogP contribution in [0.5, 0.6) is 0 Å². The maximum absolute atomic E-state index is 12.3. The summed E-state index contributed by atoms with van der Waals surface area (Å²) in [4.78, 5) is 26.1. The Morgan fingerprint density at radius 2 is 1.63 bits per heavy atom. The van der Waals surface area contributed by atoms with Crippen LogP contribution in [0.2, 0.25) is 0 Å². The number of carbonyl (C=O) groups is 2. The van der Waals surface area contributed by atoms with Crippen molar-refractivity contribution in [2.24, 2.45) is 0 Å². The minimum Gasteiger partial charge on any atom is -0.352 e. The lowest BCUT2D eigenvalue weighted by atomic mass is 10.1. The van der Waals surface area contributed by atoms with Crippen LogP contribution in [0.4, 0.5) is 10.5 Å². The van der Waals surface area contributed by atoms with Gasteiger partial charge >= 0.3 is 6.03 Å². The summed E-state index contributed by atoms with van der Waals surface area (Å²) in [7, 11) is -3.36. The summed E-state index contributed by atoms with van der Waals surface area (Å²) in [6.45, 7) is 1.05. The number of anilines is 1. The highest BCUT2D eigenvalue weighted by Crippen LogP contribution is 2.25. The van der Waals surface area contributed by atoms with Gasteiger partial charge in [0.05, 0.1) is 5.25 Å². The fourth-order valence-corrected chi connectivity index (χ4v) is 5.50. The Hall–Kier alpha value is -2.09. The van der Waals surface area contributed by atoms with Crippen molar-refractivity contribution >= 4 is 27.5 Å². The Labute approximate surface area is 160 Å². The Morgan fingerprint density at radius 1 is 1.00 bits per heavy atom. The molecule has 3 amide bonds. The predicted octanol–water partition coefficient (Wildman–Crippen LogP) is 2.16. The lowest BCUT2D eigenvalue weighted by Gasteiger charge is -2.32. The number of urea groups is 1. The van der Waals surface area contributed by atoms with Crippen molar-refractivity contribution in [1.29, 1.82) is 0 Å². The molecule has 1 aliphatic heterocycles. The smallest absolute Gasteiger partial charge is 0.321 e. The number of nitrogens with one attached hydrogen (secondary N) is 2. The van der Waals surface area contributed by atoms with E-state index in [0.29, 0.717) is 38.8 Å². The average molecular weight is 394 g/mol. The van der Waals surface area contributed by atoms with Crippen molar-refractivity contribution < 1.29 is 18.0 Å². The van der Waals surface area contributed by atoms with Crippen LogP contribution in [0.1, 0.15) is 38.5 Å². The molecule has 0 unspecified atom stereocenters. The van der Waals surface area contributed by atoms with Gasteiger partial charge < -0.3 is 15.5 Å². The van der Waals surface area contributed by atoms with Gasteiger partial charge in [0.1, 0.15) is 5.75 Å². The van der Waals surface area contributed by atoms with E-state index in [1.54, 1.807) is 4.90 Å². The molecule has 0 atom stereocenters. The van der Waals surface area contributed by atoms with Gasteiger partial charge in [0.25, 0.3) is 0 Å². The van der Waals surface area contributed by atoms with Crippen molar-refractivity contribution in [1.82, 2.24) is 10.2 Å². The van der Waals surface area contributed by atoms with E-state index in [2.05, 4.69) is 10.6 Å². The molecule has 0 aromatic heterocycles. The van der Waals surface area contributed by atoms with E-state index in [-0.39, 0.29) is 17.3 Å². The van der Waals surface area contributed by atoms with E-state index in [1.807, 2.05) is 30.3 Å². The van der Waals surface area contributed by atoms with Gasteiger partial charge in [0.15, 0.2) is 9.84 Å². The standard InChI is InChI=1S/C19H27N3O4S/c23-18(14-27(25,26)17-8-4-5-9-17)20-16-10-12-22(13-11-16)19(24)21-15-6-2-1-3-7-15/h1-3,6-7,16-17H,4-5,8-14H2,(H,20,23)(H,21,24). The lowest BCUT2D eigenvalue weighted by Crippen LogP contribution is -2.49. The molecule has 0 spiro atoms. The number of para-hydroxylation sites is 1. The number of hydrogen-bond donors (Lipinski definition) is 2. The van der Waals surface area contributed by atoms with Gasteiger partial charge in [0, 0.05) is 24.8 Å². The molecule has 2 fully saturated rings. The van der Waals surface area contributed by atoms with E-state index in [0.717, 1.165) is 18.5 Å². The topological polar surface area (TPSA) is 95.6 Å². The second-order valence-corrected chi connectivity index (χ2v) is 9.62. The largest absolute Gasteiger partial charge is 0.352 e. The molecular weight excluding hydrogens is 366 g/mol. The van der Waals surface area contributed by atoms with Crippen LogP contribution in [0, 0.1) is 0 Å². The molecule has 1 saturated heterocycles. The summed E-state index contributed by atoms with van der Waals surface area (Å²) in [6, 6.07) is 9.02. The van der Waals surface area contributed by atoms with Gasteiger partial charge in [-0.2, -0.15) is 0 Å². The van der Waals surface area contributed by atoms with Crippen LogP contribution in [0.3, 0.4) is 0 Å². The second kappa shape index (κ2) is 8.73. The van der Waals surface area contributed by atoms with E-state index >= 15 is 0 Å². The fourth-order valence-electron chi connectivity index (χ4n) is 3.77. The summed E-state index contributed by atoms with van der Waals surface area (Å²) < 4.78 is 24.6. The maximum Gasteiger partial charge on any atom is 0.321 e. The zero-order valence-electron chi connectivity index (χ0n) is 15.4. The molecule has 8 heteroatoms. The highest BCUT2D eigenvalue weighted by atomic mass is 32.2. The molecule has 7 nitrogen and oxygen atoms in total. The average Bonchev–Trinajstić information content (AvgIpc) is 3.18. The SMILES string of the molecule is O=C(CS(=O)(=O)C1CCCC1)NC1CCN(C(=O)Nc2ccccc2)CC1. The van der Waals surface area contributed by atoms with E-state index < -0.39 is 21.5 Å². The lowest BCUT2D eigenvalue weighted by molar-refractivity contribution is -0.119. The molecule has 0 radical (unpaired) electrons. The monoisotopic (exact) mass is 393 g/mol. The molecule has 1 heterocycles. The third-order valence-electron chi connectivity index (χ3n) is 5.31. The van der Waals surface area contributed by atoms with Crippen molar-refractivity contribution in [3.05, 3.63) is 30.3 Å². The van der Waals surface area contributed by atoms with Crippen molar-refractivity contribution in [2.45, 2.75) is 49.8 Å². The number of nitrogens with zero attached hydrogens (tertiary/aromatic N) is 1. The van der Waals surface area contributed by atoms with Crippen LogP contribution in [-0.4, -0.2) is 55.4 Å². The Morgan fingerprint density at radius 3 is 2.26 bits per heavy atom. The van der Waals surface area contributed by atoms with Crippen LogP contribution >= 0.6 is 0 Å². The number of carbonyl (C=O) groups excluding carboxylic acids is 2. The molecule has 148 valence electrons. The highest BCUT2D eigenvalue weighted by molar-refractivity contribution is 7.92.